The topological polar surface area (TPSA) is 70.7 Å². The summed E-state index contributed by atoms with van der Waals surface area (Å²) in [6.07, 6.45) is 2.19. The predicted molar refractivity (Wildman–Crippen MR) is 113 cm³/mol. The van der Waals surface area contributed by atoms with E-state index in [2.05, 4.69) is 10.6 Å². The van der Waals surface area contributed by atoms with Gasteiger partial charge in [0.05, 0.1) is 24.5 Å². The van der Waals surface area contributed by atoms with Gasteiger partial charge in [-0.15, -0.1) is 11.8 Å². The highest BCUT2D eigenvalue weighted by atomic mass is 32.2. The van der Waals surface area contributed by atoms with Gasteiger partial charge in [0.15, 0.2) is 6.10 Å². The molecule has 28 heavy (non-hydrogen) atoms. The van der Waals surface area contributed by atoms with Gasteiger partial charge in [-0.25, -0.2) is 0 Å². The van der Waals surface area contributed by atoms with E-state index in [1.54, 1.807) is 11.8 Å². The van der Waals surface area contributed by atoms with Gasteiger partial charge in [-0.1, -0.05) is 31.2 Å². The smallest absolute Gasteiger partial charge is 0.262 e. The van der Waals surface area contributed by atoms with Crippen LogP contribution in [0, 0.1) is 0 Å². The van der Waals surface area contributed by atoms with Crippen LogP contribution in [-0.2, 0) is 9.59 Å². The molecule has 0 saturated carbocycles. The molecule has 0 bridgehead atoms. The van der Waals surface area contributed by atoms with E-state index in [9.17, 15) is 9.59 Å². The molecule has 0 unspecified atom stereocenters. The molecule has 1 aliphatic heterocycles. The second kappa shape index (κ2) is 9.50. The zero-order valence-corrected chi connectivity index (χ0v) is 16.9. The first kappa shape index (κ1) is 20.1. The number of hydrogen-bond acceptors (Lipinski definition) is 5. The van der Waals surface area contributed by atoms with Crippen LogP contribution in [0.1, 0.15) is 13.3 Å². The first-order chi connectivity index (χ1) is 13.6. The molecule has 2 amide bonds. The lowest BCUT2D eigenvalue weighted by Gasteiger charge is -2.35. The Morgan fingerprint density at radius 2 is 1.93 bits per heavy atom. The van der Waals surface area contributed by atoms with Gasteiger partial charge in [0.1, 0.15) is 5.75 Å². The van der Waals surface area contributed by atoms with Gasteiger partial charge in [0.2, 0.25) is 5.91 Å². The van der Waals surface area contributed by atoms with Crippen molar-refractivity contribution in [3.05, 3.63) is 48.5 Å². The molecular formula is C21H25N3O3S. The molecule has 1 heterocycles. The maximum atomic E-state index is 12.7. The van der Waals surface area contributed by atoms with Crippen molar-refractivity contribution >= 4 is 35.0 Å². The summed E-state index contributed by atoms with van der Waals surface area (Å²) in [5, 5.41) is 5.84. The van der Waals surface area contributed by atoms with Crippen molar-refractivity contribution in [1.82, 2.24) is 5.32 Å². The Labute approximate surface area is 169 Å². The molecule has 0 aromatic heterocycles. The van der Waals surface area contributed by atoms with Crippen molar-refractivity contribution < 1.29 is 14.3 Å². The number of nitrogens with zero attached hydrogens (tertiary/aromatic N) is 1. The summed E-state index contributed by atoms with van der Waals surface area (Å²) in [6.45, 7) is 3.07. The number of thioether (sulfide) groups is 1. The second-order valence-corrected chi connectivity index (χ2v) is 7.34. The SMILES string of the molecule is CCCNC(=O)[C@@H]1CN(CC(=O)Nc2ccccc2SC)c2ccccc2O1. The number of ether oxygens (including phenoxy) is 1. The molecule has 0 aliphatic carbocycles. The number of anilines is 2. The number of amides is 2. The van der Waals surface area contributed by atoms with E-state index in [-0.39, 0.29) is 18.4 Å². The maximum absolute atomic E-state index is 12.7. The number of nitrogens with one attached hydrogen (secondary N) is 2. The summed E-state index contributed by atoms with van der Waals surface area (Å²) in [5.74, 6) is 0.322. The van der Waals surface area contributed by atoms with Crippen LogP contribution in [0.15, 0.2) is 53.4 Å². The van der Waals surface area contributed by atoms with Gasteiger partial charge in [0, 0.05) is 11.4 Å². The fraction of sp³-hybridized carbons (Fsp3) is 0.333. The molecule has 0 fully saturated rings. The Hall–Kier alpha value is -2.67. The van der Waals surface area contributed by atoms with E-state index in [0.29, 0.717) is 18.8 Å². The average Bonchev–Trinajstić information content (AvgIpc) is 2.72. The largest absolute Gasteiger partial charge is 0.477 e. The molecular weight excluding hydrogens is 374 g/mol. The number of fused-ring (bicyclic) bond motifs is 1. The summed E-state index contributed by atoms with van der Waals surface area (Å²) < 4.78 is 5.87. The van der Waals surface area contributed by atoms with Crippen LogP contribution < -0.4 is 20.3 Å². The number of carbonyl (C=O) groups excluding carboxylic acids is 2. The molecule has 2 N–H and O–H groups in total. The first-order valence-corrected chi connectivity index (χ1v) is 10.6. The Balaban J connectivity index is 1.74. The van der Waals surface area contributed by atoms with Crippen molar-refractivity contribution in [2.75, 3.05) is 36.1 Å². The van der Waals surface area contributed by atoms with E-state index in [1.165, 1.54) is 0 Å². The third-order valence-corrected chi connectivity index (χ3v) is 5.21. The van der Waals surface area contributed by atoms with Gasteiger partial charge < -0.3 is 20.3 Å². The Bertz CT molecular complexity index is 843. The minimum atomic E-state index is -0.646. The van der Waals surface area contributed by atoms with E-state index in [4.69, 9.17) is 4.74 Å². The zero-order chi connectivity index (χ0) is 19.9. The van der Waals surface area contributed by atoms with E-state index in [1.807, 2.05) is 66.6 Å². The first-order valence-electron chi connectivity index (χ1n) is 9.33. The van der Waals surface area contributed by atoms with Crippen molar-refractivity contribution in [1.29, 1.82) is 0 Å². The molecule has 1 aliphatic rings. The van der Waals surface area contributed by atoms with Gasteiger partial charge in [-0.05, 0) is 36.9 Å². The zero-order valence-electron chi connectivity index (χ0n) is 16.1. The Kier molecular flexibility index (Phi) is 6.81. The average molecular weight is 400 g/mol. The molecule has 0 spiro atoms. The third kappa shape index (κ3) is 4.78. The predicted octanol–water partition coefficient (Wildman–Crippen LogP) is 3.14. The summed E-state index contributed by atoms with van der Waals surface area (Å²) in [4.78, 5) is 28.0. The van der Waals surface area contributed by atoms with Crippen LogP contribution in [-0.4, -0.2) is 43.8 Å². The van der Waals surface area contributed by atoms with Crippen LogP contribution >= 0.6 is 11.8 Å². The Morgan fingerprint density at radius 1 is 1.18 bits per heavy atom. The van der Waals surface area contributed by atoms with E-state index in [0.717, 1.165) is 22.7 Å². The normalized spacial score (nSPS) is 15.4. The van der Waals surface area contributed by atoms with E-state index < -0.39 is 6.10 Å². The number of carbonyl (C=O) groups is 2. The van der Waals surface area contributed by atoms with Crippen molar-refractivity contribution in [2.24, 2.45) is 0 Å². The number of para-hydroxylation sites is 3. The van der Waals surface area contributed by atoms with Crippen LogP contribution in [0.5, 0.6) is 5.75 Å². The maximum Gasteiger partial charge on any atom is 0.262 e. The summed E-state index contributed by atoms with van der Waals surface area (Å²) in [5.41, 5.74) is 1.61. The molecule has 148 valence electrons. The Morgan fingerprint density at radius 3 is 2.71 bits per heavy atom. The molecule has 0 radical (unpaired) electrons. The van der Waals surface area contributed by atoms with Crippen LogP contribution in [0.4, 0.5) is 11.4 Å². The fourth-order valence-corrected chi connectivity index (χ4v) is 3.62. The molecule has 7 heteroatoms. The van der Waals surface area contributed by atoms with Gasteiger partial charge in [-0.3, -0.25) is 9.59 Å². The molecule has 0 saturated heterocycles. The fourth-order valence-electron chi connectivity index (χ4n) is 3.07. The summed E-state index contributed by atoms with van der Waals surface area (Å²) in [7, 11) is 0. The lowest BCUT2D eigenvalue weighted by molar-refractivity contribution is -0.128. The molecule has 6 nitrogen and oxygen atoms in total. The molecule has 1 atom stereocenters. The highest BCUT2D eigenvalue weighted by Crippen LogP contribution is 2.33. The monoisotopic (exact) mass is 399 g/mol. The molecule has 3 rings (SSSR count). The minimum Gasteiger partial charge on any atom is -0.477 e. The van der Waals surface area contributed by atoms with Crippen molar-refractivity contribution in [3.63, 3.8) is 0 Å². The van der Waals surface area contributed by atoms with E-state index >= 15 is 0 Å². The number of benzene rings is 2. The molecule has 2 aromatic carbocycles. The van der Waals surface area contributed by atoms with Crippen LogP contribution in [0.25, 0.3) is 0 Å². The van der Waals surface area contributed by atoms with Gasteiger partial charge in [-0.2, -0.15) is 0 Å². The quantitative estimate of drug-likeness (QED) is 0.700. The van der Waals surface area contributed by atoms with Crippen molar-refractivity contribution in [2.45, 2.75) is 24.3 Å². The number of hydrogen-bond donors (Lipinski definition) is 2. The highest BCUT2D eigenvalue weighted by molar-refractivity contribution is 7.98. The van der Waals surface area contributed by atoms with Crippen LogP contribution in [0.2, 0.25) is 0 Å². The third-order valence-electron chi connectivity index (χ3n) is 4.42. The standard InChI is InChI=1S/C21H25N3O3S/c1-3-12-22-21(26)18-13-24(16-9-5-6-10-17(16)27-18)14-20(25)23-15-8-4-7-11-19(15)28-2/h4-11,18H,3,12-14H2,1-2H3,(H,22,26)(H,23,25)/t18-/m0/s1. The second-order valence-electron chi connectivity index (χ2n) is 6.49. The lowest BCUT2D eigenvalue weighted by Crippen LogP contribution is -2.50. The van der Waals surface area contributed by atoms with Gasteiger partial charge in [0.25, 0.3) is 5.91 Å². The lowest BCUT2D eigenvalue weighted by atomic mass is 10.1. The summed E-state index contributed by atoms with van der Waals surface area (Å²) in [6, 6.07) is 15.2. The molecule has 2 aromatic rings. The summed E-state index contributed by atoms with van der Waals surface area (Å²) >= 11 is 1.58. The van der Waals surface area contributed by atoms with Gasteiger partial charge >= 0.3 is 0 Å². The minimum absolute atomic E-state index is 0.133. The highest BCUT2D eigenvalue weighted by Gasteiger charge is 2.31. The van der Waals surface area contributed by atoms with Crippen LogP contribution in [0.3, 0.4) is 0 Å². The number of rotatable bonds is 7. The van der Waals surface area contributed by atoms with Crippen molar-refractivity contribution in [3.8, 4) is 5.75 Å².